The van der Waals surface area contributed by atoms with E-state index in [1.807, 2.05) is 30.3 Å². The van der Waals surface area contributed by atoms with Crippen LogP contribution in [0.2, 0.25) is 0 Å². The quantitative estimate of drug-likeness (QED) is 0.846. The number of carbonyl (C=O) groups is 1. The molecule has 24 heavy (non-hydrogen) atoms. The first-order valence-corrected chi connectivity index (χ1v) is 8.39. The zero-order chi connectivity index (χ0) is 16.9. The highest BCUT2D eigenvalue weighted by molar-refractivity contribution is 5.74. The van der Waals surface area contributed by atoms with Crippen LogP contribution in [-0.2, 0) is 13.0 Å². The molecule has 2 amide bonds. The highest BCUT2D eigenvalue weighted by atomic mass is 16.2. The molecule has 6 heteroatoms. The topological polar surface area (TPSA) is 78.1 Å². The van der Waals surface area contributed by atoms with Crippen LogP contribution in [0.25, 0.3) is 11.4 Å². The number of H-pyrrole nitrogens is 1. The van der Waals surface area contributed by atoms with Crippen LogP contribution in [0, 0.1) is 0 Å². The van der Waals surface area contributed by atoms with E-state index in [0.717, 1.165) is 24.1 Å². The molecule has 6 nitrogen and oxygen atoms in total. The van der Waals surface area contributed by atoms with Crippen molar-refractivity contribution in [1.29, 1.82) is 0 Å². The monoisotopic (exact) mass is 326 g/mol. The number of aromatic amines is 1. The third-order valence-electron chi connectivity index (χ3n) is 4.21. The number of rotatable bonds is 4. The van der Waals surface area contributed by atoms with Gasteiger partial charge in [0, 0.05) is 25.1 Å². The number of nitrogens with one attached hydrogen (secondary N) is 2. The lowest BCUT2D eigenvalue weighted by Gasteiger charge is -2.28. The van der Waals surface area contributed by atoms with Gasteiger partial charge in [0.05, 0.1) is 17.8 Å². The fraction of sp³-hybridized carbons (Fsp3) is 0.389. The van der Waals surface area contributed by atoms with Gasteiger partial charge in [0.1, 0.15) is 5.82 Å². The van der Waals surface area contributed by atoms with Crippen LogP contribution in [0.5, 0.6) is 0 Å². The van der Waals surface area contributed by atoms with E-state index in [2.05, 4.69) is 22.2 Å². The standard InChI is InChI=1S/C18H22N4O2/c1-2-3-10-19-18(24)22-11-9-15-14(12-22)17(23)21-16(20-15)13-7-5-4-6-8-13/h4-8H,2-3,9-12H2,1H3,(H,19,24)(H,20,21,23). The minimum Gasteiger partial charge on any atom is -0.338 e. The summed E-state index contributed by atoms with van der Waals surface area (Å²) in [5.41, 5.74) is 2.10. The number of unbranched alkanes of at least 4 members (excludes halogenated alkanes) is 1. The first-order chi connectivity index (χ1) is 11.7. The molecule has 1 aromatic carbocycles. The number of nitrogens with zero attached hydrogens (tertiary/aromatic N) is 2. The molecule has 1 aromatic heterocycles. The second-order valence-electron chi connectivity index (χ2n) is 5.96. The van der Waals surface area contributed by atoms with Crippen molar-refractivity contribution in [3.8, 4) is 11.4 Å². The van der Waals surface area contributed by atoms with Gasteiger partial charge in [-0.05, 0) is 6.42 Å². The maximum absolute atomic E-state index is 12.4. The maximum Gasteiger partial charge on any atom is 0.317 e. The highest BCUT2D eigenvalue weighted by Gasteiger charge is 2.24. The third-order valence-corrected chi connectivity index (χ3v) is 4.21. The van der Waals surface area contributed by atoms with Gasteiger partial charge in [-0.2, -0.15) is 0 Å². The van der Waals surface area contributed by atoms with Gasteiger partial charge in [0.2, 0.25) is 0 Å². The molecule has 0 radical (unpaired) electrons. The van der Waals surface area contributed by atoms with E-state index in [4.69, 9.17) is 0 Å². The van der Waals surface area contributed by atoms with E-state index < -0.39 is 0 Å². The molecule has 0 bridgehead atoms. The molecular weight excluding hydrogens is 304 g/mol. The van der Waals surface area contributed by atoms with Gasteiger partial charge < -0.3 is 15.2 Å². The van der Waals surface area contributed by atoms with E-state index in [-0.39, 0.29) is 11.6 Å². The van der Waals surface area contributed by atoms with Crippen molar-refractivity contribution in [2.45, 2.75) is 32.7 Å². The van der Waals surface area contributed by atoms with Gasteiger partial charge in [-0.25, -0.2) is 9.78 Å². The van der Waals surface area contributed by atoms with Gasteiger partial charge in [-0.3, -0.25) is 4.79 Å². The molecule has 0 fully saturated rings. The summed E-state index contributed by atoms with van der Waals surface area (Å²) in [6.45, 7) is 3.64. The summed E-state index contributed by atoms with van der Waals surface area (Å²) in [5, 5.41) is 2.90. The van der Waals surface area contributed by atoms with Crippen molar-refractivity contribution in [3.63, 3.8) is 0 Å². The normalized spacial score (nSPS) is 13.5. The zero-order valence-corrected chi connectivity index (χ0v) is 13.8. The minimum atomic E-state index is -0.162. The van der Waals surface area contributed by atoms with E-state index in [1.165, 1.54) is 0 Å². The summed E-state index contributed by atoms with van der Waals surface area (Å²) in [7, 11) is 0. The lowest BCUT2D eigenvalue weighted by molar-refractivity contribution is 0.191. The molecule has 1 aliphatic heterocycles. The predicted molar refractivity (Wildman–Crippen MR) is 92.7 cm³/mol. The van der Waals surface area contributed by atoms with E-state index in [9.17, 15) is 9.59 Å². The van der Waals surface area contributed by atoms with Gasteiger partial charge in [-0.1, -0.05) is 43.7 Å². The zero-order valence-electron chi connectivity index (χ0n) is 13.8. The summed E-state index contributed by atoms with van der Waals surface area (Å²) in [5.74, 6) is 0.584. The molecule has 0 atom stereocenters. The summed E-state index contributed by atoms with van der Waals surface area (Å²) in [6, 6.07) is 9.48. The number of urea groups is 1. The van der Waals surface area contributed by atoms with Crippen molar-refractivity contribution in [2.24, 2.45) is 0 Å². The number of aromatic nitrogens is 2. The Labute approximate surface area is 140 Å². The van der Waals surface area contributed by atoms with Gasteiger partial charge in [-0.15, -0.1) is 0 Å². The Bertz CT molecular complexity index is 770. The van der Waals surface area contributed by atoms with Crippen LogP contribution in [0.15, 0.2) is 35.1 Å². The van der Waals surface area contributed by atoms with Crippen LogP contribution in [0.1, 0.15) is 31.0 Å². The van der Waals surface area contributed by atoms with E-state index >= 15 is 0 Å². The molecule has 2 N–H and O–H groups in total. The molecule has 0 saturated carbocycles. The largest absolute Gasteiger partial charge is 0.338 e. The Hall–Kier alpha value is -2.63. The Morgan fingerprint density at radius 1 is 1.33 bits per heavy atom. The molecule has 0 unspecified atom stereocenters. The summed E-state index contributed by atoms with van der Waals surface area (Å²) in [4.78, 5) is 33.7. The van der Waals surface area contributed by atoms with Crippen molar-refractivity contribution in [2.75, 3.05) is 13.1 Å². The van der Waals surface area contributed by atoms with Crippen LogP contribution < -0.4 is 10.9 Å². The SMILES string of the molecule is CCCCNC(=O)N1CCc2nc(-c3ccccc3)[nH]c(=O)c2C1. The first-order valence-electron chi connectivity index (χ1n) is 8.39. The summed E-state index contributed by atoms with van der Waals surface area (Å²) in [6.07, 6.45) is 2.59. The molecule has 0 saturated heterocycles. The smallest absolute Gasteiger partial charge is 0.317 e. The van der Waals surface area contributed by atoms with Crippen LogP contribution in [0.4, 0.5) is 4.79 Å². The van der Waals surface area contributed by atoms with Crippen molar-refractivity contribution in [1.82, 2.24) is 20.2 Å². The van der Waals surface area contributed by atoms with Gasteiger partial charge >= 0.3 is 6.03 Å². The minimum absolute atomic E-state index is 0.111. The lowest BCUT2D eigenvalue weighted by Crippen LogP contribution is -2.45. The Kier molecular flexibility index (Phi) is 4.93. The fourth-order valence-corrected chi connectivity index (χ4v) is 2.82. The number of hydrogen-bond acceptors (Lipinski definition) is 3. The molecular formula is C18H22N4O2. The lowest BCUT2D eigenvalue weighted by atomic mass is 10.1. The summed E-state index contributed by atoms with van der Waals surface area (Å²) < 4.78 is 0. The predicted octanol–water partition coefficient (Wildman–Crippen LogP) is 2.30. The highest BCUT2D eigenvalue weighted by Crippen LogP contribution is 2.18. The van der Waals surface area contributed by atoms with Crippen LogP contribution in [-0.4, -0.2) is 34.0 Å². The summed E-state index contributed by atoms with van der Waals surface area (Å²) >= 11 is 0. The van der Waals surface area contributed by atoms with Crippen LogP contribution in [0.3, 0.4) is 0 Å². The van der Waals surface area contributed by atoms with Crippen molar-refractivity contribution >= 4 is 6.03 Å². The van der Waals surface area contributed by atoms with Crippen molar-refractivity contribution in [3.05, 3.63) is 51.9 Å². The van der Waals surface area contributed by atoms with E-state index in [1.54, 1.807) is 4.90 Å². The molecule has 1 aliphatic rings. The number of fused-ring (bicyclic) bond motifs is 1. The van der Waals surface area contributed by atoms with Crippen molar-refractivity contribution < 1.29 is 4.79 Å². The third kappa shape index (κ3) is 3.48. The number of benzene rings is 1. The second kappa shape index (κ2) is 7.29. The second-order valence-corrected chi connectivity index (χ2v) is 5.96. The average molecular weight is 326 g/mol. The van der Waals surface area contributed by atoms with Gasteiger partial charge in [0.25, 0.3) is 5.56 Å². The average Bonchev–Trinajstić information content (AvgIpc) is 2.62. The molecule has 3 rings (SSSR count). The number of hydrogen-bond donors (Lipinski definition) is 2. The number of amides is 2. The molecule has 2 aromatic rings. The molecule has 0 spiro atoms. The van der Waals surface area contributed by atoms with Gasteiger partial charge in [0.15, 0.2) is 0 Å². The maximum atomic E-state index is 12.4. The fourth-order valence-electron chi connectivity index (χ4n) is 2.82. The number of carbonyl (C=O) groups excluding carboxylic acids is 1. The molecule has 2 heterocycles. The Morgan fingerprint density at radius 2 is 2.12 bits per heavy atom. The molecule has 126 valence electrons. The Morgan fingerprint density at radius 3 is 2.88 bits per heavy atom. The Balaban J connectivity index is 1.78. The van der Waals surface area contributed by atoms with E-state index in [0.29, 0.717) is 37.4 Å². The first kappa shape index (κ1) is 16.2. The van der Waals surface area contributed by atoms with Crippen LogP contribution >= 0.6 is 0 Å². The molecule has 0 aliphatic carbocycles.